The molecular formula is C9H16N4O8. The maximum absolute atomic E-state index is 10.3. The van der Waals surface area contributed by atoms with Gasteiger partial charge in [0.25, 0.3) is 0 Å². The number of unbranched alkanes of at least 4 members (excludes halogenated alkanes) is 4. The summed E-state index contributed by atoms with van der Waals surface area (Å²) in [5, 5.41) is 41.4. The highest BCUT2D eigenvalue weighted by Gasteiger charge is 2.31. The van der Waals surface area contributed by atoms with Crippen molar-refractivity contribution in [2.24, 2.45) is 0 Å². The highest BCUT2D eigenvalue weighted by Crippen LogP contribution is 2.12. The molecule has 0 aromatic heterocycles. The molecule has 0 aromatic carbocycles. The van der Waals surface area contributed by atoms with E-state index in [1.54, 1.807) is 0 Å². The molecule has 12 nitrogen and oxygen atoms in total. The molecule has 0 aliphatic carbocycles. The highest BCUT2D eigenvalue weighted by atomic mass is 16.7. The van der Waals surface area contributed by atoms with Crippen LogP contribution in [0.15, 0.2) is 0 Å². The molecule has 0 fully saturated rings. The summed E-state index contributed by atoms with van der Waals surface area (Å²) in [7, 11) is 0. The van der Waals surface area contributed by atoms with Crippen LogP contribution in [0.3, 0.4) is 0 Å². The van der Waals surface area contributed by atoms with Gasteiger partial charge in [0.05, 0.1) is 32.5 Å². The van der Waals surface area contributed by atoms with Gasteiger partial charge in [-0.1, -0.05) is 19.3 Å². The molecule has 0 saturated carbocycles. The van der Waals surface area contributed by atoms with Gasteiger partial charge < -0.3 is 0 Å². The van der Waals surface area contributed by atoms with Gasteiger partial charge in [-0.25, -0.2) is 0 Å². The Hall–Kier alpha value is -2.40. The molecule has 0 amide bonds. The lowest BCUT2D eigenvalue weighted by Gasteiger charge is -2.03. The number of nitro groups is 4. The predicted molar refractivity (Wildman–Crippen MR) is 67.9 cm³/mol. The summed E-state index contributed by atoms with van der Waals surface area (Å²) in [4.78, 5) is 37.6. The lowest BCUT2D eigenvalue weighted by molar-refractivity contribution is -0.743. The van der Waals surface area contributed by atoms with Crippen molar-refractivity contribution in [3.05, 3.63) is 40.5 Å². The molecule has 0 atom stereocenters. The molecule has 0 saturated heterocycles. The molecule has 21 heavy (non-hydrogen) atoms. The van der Waals surface area contributed by atoms with Crippen molar-refractivity contribution in [3.8, 4) is 0 Å². The topological polar surface area (TPSA) is 173 Å². The van der Waals surface area contributed by atoms with E-state index in [0.29, 0.717) is 32.1 Å². The maximum atomic E-state index is 10.3. The molecule has 0 radical (unpaired) electrons. The molecule has 0 rings (SSSR count). The second-order valence-electron chi connectivity index (χ2n) is 4.45. The zero-order valence-corrected chi connectivity index (χ0v) is 11.2. The largest absolute Gasteiger partial charge is 0.450 e. The van der Waals surface area contributed by atoms with Crippen LogP contribution in [-0.4, -0.2) is 32.0 Å². The van der Waals surface area contributed by atoms with Gasteiger partial charge in [-0.2, -0.15) is 0 Å². The van der Waals surface area contributed by atoms with E-state index < -0.39 is 32.0 Å². The summed E-state index contributed by atoms with van der Waals surface area (Å²) in [6.07, 6.45) is -1.82. The van der Waals surface area contributed by atoms with Crippen molar-refractivity contribution in [2.75, 3.05) is 0 Å². The van der Waals surface area contributed by atoms with Crippen molar-refractivity contribution in [2.45, 2.75) is 57.3 Å². The normalized spacial score (nSPS) is 10.8. The van der Waals surface area contributed by atoms with E-state index >= 15 is 0 Å². The Kier molecular flexibility index (Phi) is 8.41. The Morgan fingerprint density at radius 1 is 0.524 bits per heavy atom. The molecule has 0 aromatic rings. The average molecular weight is 308 g/mol. The van der Waals surface area contributed by atoms with Crippen LogP contribution in [0.4, 0.5) is 0 Å². The summed E-state index contributed by atoms with van der Waals surface area (Å²) in [5.74, 6) is 0. The van der Waals surface area contributed by atoms with Crippen LogP contribution in [0, 0.1) is 40.5 Å². The first kappa shape index (κ1) is 18.6. The lowest BCUT2D eigenvalue weighted by Crippen LogP contribution is -2.28. The minimum absolute atomic E-state index is 0.174. The summed E-state index contributed by atoms with van der Waals surface area (Å²) >= 11 is 0. The van der Waals surface area contributed by atoms with E-state index in [1.807, 2.05) is 0 Å². The summed E-state index contributed by atoms with van der Waals surface area (Å²) in [6.45, 7) is 0. The van der Waals surface area contributed by atoms with E-state index in [9.17, 15) is 40.5 Å². The molecule has 0 heterocycles. The Bertz CT molecular complexity index is 337. The van der Waals surface area contributed by atoms with Crippen molar-refractivity contribution < 1.29 is 19.7 Å². The van der Waals surface area contributed by atoms with E-state index in [1.165, 1.54) is 0 Å². The fourth-order valence-electron chi connectivity index (χ4n) is 1.76. The van der Waals surface area contributed by atoms with Gasteiger partial charge in [-0.3, -0.25) is 40.5 Å². The van der Waals surface area contributed by atoms with Gasteiger partial charge in [-0.05, 0) is 12.8 Å². The Labute approximate surface area is 118 Å². The molecule has 0 bridgehead atoms. The fourth-order valence-corrected chi connectivity index (χ4v) is 1.76. The third-order valence-corrected chi connectivity index (χ3v) is 2.90. The first-order chi connectivity index (χ1) is 9.77. The first-order valence-corrected chi connectivity index (χ1v) is 6.31. The zero-order chi connectivity index (χ0) is 16.4. The number of rotatable bonds is 12. The maximum Gasteiger partial charge on any atom is 0.450 e. The van der Waals surface area contributed by atoms with Gasteiger partial charge in [0.1, 0.15) is 0 Å². The SMILES string of the molecule is O=[N+]([O-])C(CCCCCCCC([N+](=O)[O-])[N+](=O)[O-])[N+](=O)[O-]. The zero-order valence-electron chi connectivity index (χ0n) is 11.2. The predicted octanol–water partition coefficient (Wildman–Crippen LogP) is 1.48. The number of nitrogens with zero attached hydrogens (tertiary/aromatic N) is 4. The summed E-state index contributed by atoms with van der Waals surface area (Å²) < 4.78 is 0. The number of hydrogen-bond acceptors (Lipinski definition) is 8. The van der Waals surface area contributed by atoms with Crippen LogP contribution in [0.2, 0.25) is 0 Å². The van der Waals surface area contributed by atoms with Crippen LogP contribution in [-0.2, 0) is 0 Å². The molecule has 0 N–H and O–H groups in total. The van der Waals surface area contributed by atoms with Crippen LogP contribution >= 0.6 is 0 Å². The molecular weight excluding hydrogens is 292 g/mol. The van der Waals surface area contributed by atoms with Crippen molar-refractivity contribution >= 4 is 0 Å². The van der Waals surface area contributed by atoms with Gasteiger partial charge in [-0.15, -0.1) is 0 Å². The quantitative estimate of drug-likeness (QED) is 0.225. The standard InChI is InChI=1S/C9H16N4O8/c14-10(15)8(11(16)17)6-4-2-1-3-5-7-9(12(18)19)13(20)21/h8-9H,1-7H2. The molecule has 0 aliphatic heterocycles. The van der Waals surface area contributed by atoms with Crippen molar-refractivity contribution in [1.29, 1.82) is 0 Å². The second-order valence-corrected chi connectivity index (χ2v) is 4.45. The van der Waals surface area contributed by atoms with Crippen LogP contribution in [0.25, 0.3) is 0 Å². The minimum Gasteiger partial charge on any atom is -0.259 e. The Morgan fingerprint density at radius 3 is 1.00 bits per heavy atom. The van der Waals surface area contributed by atoms with E-state index in [4.69, 9.17) is 0 Å². The van der Waals surface area contributed by atoms with Gasteiger partial charge in [0.2, 0.25) is 0 Å². The fraction of sp³-hybridized carbons (Fsp3) is 1.00. The number of hydrogen-bond donors (Lipinski definition) is 0. The first-order valence-electron chi connectivity index (χ1n) is 6.31. The second kappa shape index (κ2) is 9.50. The van der Waals surface area contributed by atoms with Gasteiger partial charge in [0, 0.05) is 0 Å². The Balaban J connectivity index is 3.78. The molecule has 0 aliphatic rings. The lowest BCUT2D eigenvalue weighted by atomic mass is 10.1. The highest BCUT2D eigenvalue weighted by molar-refractivity contribution is 4.50. The van der Waals surface area contributed by atoms with Crippen molar-refractivity contribution in [3.63, 3.8) is 0 Å². The third-order valence-electron chi connectivity index (χ3n) is 2.90. The van der Waals surface area contributed by atoms with Crippen LogP contribution in [0.5, 0.6) is 0 Å². The monoisotopic (exact) mass is 308 g/mol. The molecule has 0 unspecified atom stereocenters. The average Bonchev–Trinajstić information content (AvgIpc) is 2.34. The van der Waals surface area contributed by atoms with Gasteiger partial charge >= 0.3 is 12.3 Å². The Morgan fingerprint density at radius 2 is 0.762 bits per heavy atom. The molecule has 120 valence electrons. The van der Waals surface area contributed by atoms with Crippen LogP contribution in [0.1, 0.15) is 44.9 Å². The van der Waals surface area contributed by atoms with E-state index in [-0.39, 0.29) is 12.8 Å². The third kappa shape index (κ3) is 7.69. The summed E-state index contributed by atoms with van der Waals surface area (Å²) in [5.41, 5.74) is 0. The van der Waals surface area contributed by atoms with E-state index in [0.717, 1.165) is 0 Å². The van der Waals surface area contributed by atoms with Crippen molar-refractivity contribution in [1.82, 2.24) is 0 Å². The molecule has 0 spiro atoms. The van der Waals surface area contributed by atoms with Gasteiger partial charge in [0.15, 0.2) is 0 Å². The summed E-state index contributed by atoms with van der Waals surface area (Å²) in [6, 6.07) is 0. The van der Waals surface area contributed by atoms with Crippen LogP contribution < -0.4 is 0 Å². The minimum atomic E-state index is -1.81. The smallest absolute Gasteiger partial charge is 0.259 e. The molecule has 12 heteroatoms. The van der Waals surface area contributed by atoms with E-state index in [2.05, 4.69) is 0 Å².